The van der Waals surface area contributed by atoms with Crippen LogP contribution in [-0.4, -0.2) is 16.0 Å². The molecule has 0 radical (unpaired) electrons. The van der Waals surface area contributed by atoms with Crippen LogP contribution in [0.15, 0.2) is 22.7 Å². The van der Waals surface area contributed by atoms with Gasteiger partial charge in [0.15, 0.2) is 0 Å². The fraction of sp³-hybridized carbons (Fsp3) is 0.100. The van der Waals surface area contributed by atoms with Crippen LogP contribution in [0.5, 0.6) is 0 Å². The first-order valence-corrected chi connectivity index (χ1v) is 11.0. The quantitative estimate of drug-likeness (QED) is 0.461. The fourth-order valence-electron chi connectivity index (χ4n) is 1.55. The molecule has 1 aromatic carbocycles. The summed E-state index contributed by atoms with van der Waals surface area (Å²) >= 11 is 4.70. The molecule has 10 heteroatoms. The minimum absolute atomic E-state index is 0.00835. The molecule has 0 aliphatic heterocycles. The maximum atomic E-state index is 14.0. The Morgan fingerprint density at radius 3 is 2.50 bits per heavy atom. The van der Waals surface area contributed by atoms with E-state index in [2.05, 4.69) is 15.9 Å². The van der Waals surface area contributed by atoms with E-state index < -0.39 is 22.2 Å². The highest BCUT2D eigenvalue weighted by molar-refractivity contribution is 14.2. The third kappa shape index (κ3) is 2.78. The van der Waals surface area contributed by atoms with E-state index in [1.54, 1.807) is 0 Å². The van der Waals surface area contributed by atoms with Crippen LogP contribution in [0.4, 0.5) is 8.78 Å². The summed E-state index contributed by atoms with van der Waals surface area (Å²) in [7, 11) is 0. The lowest BCUT2D eigenvalue weighted by Crippen LogP contribution is -2.11. The number of thiophene rings is 1. The first-order valence-electron chi connectivity index (χ1n) is 4.91. The molecule has 0 saturated carbocycles. The summed E-state index contributed by atoms with van der Waals surface area (Å²) in [5, 5.41) is 4.45. The number of rotatable bonds is 3. The summed E-state index contributed by atoms with van der Waals surface area (Å²) in [5.74, 6) is -1.16. The number of hydrogen-bond acceptors (Lipinski definition) is 3. The second-order valence-corrected chi connectivity index (χ2v) is 11.3. The molecule has 1 heterocycles. The van der Waals surface area contributed by atoms with E-state index in [1.165, 1.54) is 12.1 Å². The lowest BCUT2D eigenvalue weighted by atomic mass is 10.1. The van der Waals surface area contributed by atoms with E-state index in [9.17, 15) is 18.1 Å². The minimum atomic E-state index is -4.71. The zero-order chi connectivity index (χ0) is 15.3. The van der Waals surface area contributed by atoms with Crippen molar-refractivity contribution in [3.63, 3.8) is 0 Å². The molecule has 108 valence electrons. The molecule has 0 aliphatic carbocycles. The first-order chi connectivity index (χ1) is 9.04. The van der Waals surface area contributed by atoms with Gasteiger partial charge < -0.3 is 10.00 Å². The highest BCUT2D eigenvalue weighted by Crippen LogP contribution is 2.69. The molecular formula is C10H5BrF2IO4PS. The summed E-state index contributed by atoms with van der Waals surface area (Å²) < 4.78 is 39.7. The number of hydrogen-bond donors (Lipinski definition) is 2. The van der Waals surface area contributed by atoms with Crippen molar-refractivity contribution in [2.45, 2.75) is 5.66 Å². The Morgan fingerprint density at radius 1 is 1.40 bits per heavy atom. The molecular weight excluding hydrogens is 492 g/mol. The van der Waals surface area contributed by atoms with Crippen molar-refractivity contribution in [1.82, 2.24) is 0 Å². The third-order valence-corrected chi connectivity index (χ3v) is 6.98. The molecule has 0 fully saturated rings. The molecule has 1 unspecified atom stereocenters. The Hall–Kier alpha value is -0.0900. The van der Waals surface area contributed by atoms with Gasteiger partial charge in [-0.1, -0.05) is 15.9 Å². The van der Waals surface area contributed by atoms with Gasteiger partial charge in [0.1, 0.15) is 4.88 Å². The number of benzene rings is 1. The van der Waals surface area contributed by atoms with Gasteiger partial charge in [0.05, 0.1) is 0 Å². The van der Waals surface area contributed by atoms with Crippen molar-refractivity contribution in [2.24, 2.45) is 0 Å². The van der Waals surface area contributed by atoms with E-state index >= 15 is 0 Å². The Bertz CT molecular complexity index is 757. The van der Waals surface area contributed by atoms with Gasteiger partial charge in [-0.3, -0.25) is 4.57 Å². The average Bonchev–Trinajstić information content (AvgIpc) is 2.68. The Kier molecular flexibility index (Phi) is 4.29. The number of fused-ring (bicyclic) bond motifs is 1. The summed E-state index contributed by atoms with van der Waals surface area (Å²) in [4.78, 5) is 20.0. The maximum absolute atomic E-state index is 14.0. The highest BCUT2D eigenvalue weighted by atomic mass is 127. The second-order valence-electron chi connectivity index (χ2n) is 3.83. The normalized spacial score (nSPS) is 15.2. The van der Waals surface area contributed by atoms with Gasteiger partial charge in [0, 0.05) is 36.8 Å². The molecule has 1 atom stereocenters. The van der Waals surface area contributed by atoms with Crippen LogP contribution in [0.3, 0.4) is 0 Å². The number of aromatic carboxylic acids is 1. The molecule has 4 nitrogen and oxygen atoms in total. The molecule has 1 aromatic heterocycles. The summed E-state index contributed by atoms with van der Waals surface area (Å²) in [5.41, 5.74) is -4.56. The minimum Gasteiger partial charge on any atom is -0.477 e. The molecule has 2 N–H and O–H groups in total. The lowest BCUT2D eigenvalue weighted by molar-refractivity contribution is 0.0702. The predicted molar refractivity (Wildman–Crippen MR) is 84.2 cm³/mol. The van der Waals surface area contributed by atoms with Gasteiger partial charge in [-0.2, -0.15) is 8.78 Å². The van der Waals surface area contributed by atoms with E-state index in [0.29, 0.717) is 4.70 Å². The monoisotopic (exact) mass is 496 g/mol. The Morgan fingerprint density at radius 2 is 2.00 bits per heavy atom. The van der Waals surface area contributed by atoms with Crippen LogP contribution in [0.2, 0.25) is 0 Å². The van der Waals surface area contributed by atoms with Crippen LogP contribution in [-0.2, 0) is 10.2 Å². The fourth-order valence-corrected chi connectivity index (χ4v) is 4.63. The van der Waals surface area contributed by atoms with Crippen molar-refractivity contribution >= 4 is 70.4 Å². The van der Waals surface area contributed by atoms with Gasteiger partial charge in [-0.25, -0.2) is 4.79 Å². The van der Waals surface area contributed by atoms with Crippen LogP contribution in [0.25, 0.3) is 10.1 Å². The molecule has 2 rings (SSSR count). The van der Waals surface area contributed by atoms with Crippen LogP contribution >= 0.6 is 54.3 Å². The van der Waals surface area contributed by atoms with Crippen molar-refractivity contribution in [2.75, 3.05) is 0 Å². The Labute approximate surface area is 136 Å². The summed E-state index contributed by atoms with van der Waals surface area (Å²) in [6.07, 6.45) is 0. The topological polar surface area (TPSA) is 74.6 Å². The molecule has 0 spiro atoms. The SMILES string of the molecule is O=C(O)c1cc2cc(C(F)(F)P(=O)(O)I)c(Br)cc2s1. The average molecular weight is 497 g/mol. The van der Waals surface area contributed by atoms with Crippen LogP contribution in [0.1, 0.15) is 15.2 Å². The number of halogens is 4. The van der Waals surface area contributed by atoms with Crippen LogP contribution < -0.4 is 0 Å². The molecule has 0 saturated heterocycles. The third-order valence-electron chi connectivity index (χ3n) is 2.49. The standard InChI is InChI=1S/C10H5BrF2IO4PS/c11-6-3-7-4(2-8(20-7)9(15)16)1-5(6)10(12,13)19(14,17)18/h1-3H,(H,15,16)(H,17,18). The zero-order valence-corrected chi connectivity index (χ0v) is 14.8. The smallest absolute Gasteiger partial charge is 0.356 e. The molecule has 0 amide bonds. The summed E-state index contributed by atoms with van der Waals surface area (Å²) in [6, 6.07) is 3.61. The maximum Gasteiger partial charge on any atom is 0.356 e. The van der Waals surface area contributed by atoms with Gasteiger partial charge >= 0.3 is 16.6 Å². The van der Waals surface area contributed by atoms with Crippen molar-refractivity contribution in [1.29, 1.82) is 0 Å². The second kappa shape index (κ2) is 5.28. The number of carboxylic acid groups (broad SMARTS) is 1. The van der Waals surface area contributed by atoms with Crippen molar-refractivity contribution in [3.05, 3.63) is 33.1 Å². The largest absolute Gasteiger partial charge is 0.477 e. The highest BCUT2D eigenvalue weighted by Gasteiger charge is 2.50. The van der Waals surface area contributed by atoms with Gasteiger partial charge in [0.2, 0.25) is 0 Å². The molecule has 2 aromatic rings. The predicted octanol–water partition coefficient (Wildman–Crippen LogP) is 5.03. The number of carboxylic acids is 1. The molecule has 0 bridgehead atoms. The van der Waals surface area contributed by atoms with E-state index in [-0.39, 0.29) is 14.7 Å². The molecule has 20 heavy (non-hydrogen) atoms. The van der Waals surface area contributed by atoms with Crippen LogP contribution in [0, 0.1) is 0 Å². The Balaban J connectivity index is 2.70. The van der Waals surface area contributed by atoms with Gasteiger partial charge in [-0.05, 0) is 23.6 Å². The van der Waals surface area contributed by atoms with Crippen molar-refractivity contribution in [3.8, 4) is 0 Å². The number of alkyl halides is 2. The van der Waals surface area contributed by atoms with E-state index in [1.807, 2.05) is 0 Å². The number of carbonyl (C=O) groups is 1. The van der Waals surface area contributed by atoms with Gasteiger partial charge in [-0.15, -0.1) is 11.3 Å². The lowest BCUT2D eigenvalue weighted by Gasteiger charge is -2.19. The summed E-state index contributed by atoms with van der Waals surface area (Å²) in [6.45, 7) is 0. The van der Waals surface area contributed by atoms with Crippen molar-refractivity contribution < 1.29 is 28.1 Å². The first kappa shape index (κ1) is 16.3. The van der Waals surface area contributed by atoms with E-state index in [4.69, 9.17) is 10.00 Å². The van der Waals surface area contributed by atoms with Gasteiger partial charge in [0.25, 0.3) is 0 Å². The zero-order valence-electron chi connectivity index (χ0n) is 9.31. The molecule has 0 aliphatic rings. The van der Waals surface area contributed by atoms with E-state index in [0.717, 1.165) is 39.4 Å².